The molecular weight excluding hydrogens is 228 g/mol. The van der Waals surface area contributed by atoms with Crippen LogP contribution >= 0.6 is 0 Å². The average Bonchev–Trinajstić information content (AvgIpc) is 2.34. The molecule has 0 aliphatic rings. The van der Waals surface area contributed by atoms with Crippen LogP contribution in [-0.4, -0.2) is 17.7 Å². The molecule has 0 radical (unpaired) electrons. The number of carboxylic acids is 1. The number of rotatable bonds is 7. The van der Waals surface area contributed by atoms with Crippen LogP contribution in [0.1, 0.15) is 32.3 Å². The molecule has 1 aromatic carbocycles. The number of benzene rings is 1. The Labute approximate surface area is 108 Å². The molecule has 1 rings (SSSR count). The van der Waals surface area contributed by atoms with Crippen molar-refractivity contribution in [3.63, 3.8) is 0 Å². The van der Waals surface area contributed by atoms with Gasteiger partial charge in [-0.15, -0.1) is 0 Å². The molecule has 1 aromatic rings. The van der Waals surface area contributed by atoms with Crippen LogP contribution in [0.2, 0.25) is 0 Å². The third kappa shape index (κ3) is 5.53. The molecule has 0 atom stereocenters. The van der Waals surface area contributed by atoms with Crippen molar-refractivity contribution in [1.82, 2.24) is 0 Å². The molecule has 0 saturated carbocycles. The maximum Gasteiger partial charge on any atom is 0.328 e. The Morgan fingerprint density at radius 3 is 2.56 bits per heavy atom. The first kappa shape index (κ1) is 14.3. The fourth-order valence-corrected chi connectivity index (χ4v) is 1.58. The van der Waals surface area contributed by atoms with E-state index < -0.39 is 5.97 Å². The molecule has 0 aliphatic heterocycles. The van der Waals surface area contributed by atoms with Crippen LogP contribution < -0.4 is 4.74 Å². The number of carbonyl (C=O) groups is 1. The van der Waals surface area contributed by atoms with E-state index in [1.165, 1.54) is 18.4 Å². The number of unbranched alkanes of at least 4 members (excludes halogenated alkanes) is 1. The summed E-state index contributed by atoms with van der Waals surface area (Å²) in [7, 11) is 0. The van der Waals surface area contributed by atoms with Gasteiger partial charge in [-0.05, 0) is 43.0 Å². The fraction of sp³-hybridized carbons (Fsp3) is 0.400. The van der Waals surface area contributed by atoms with E-state index in [1.54, 1.807) is 6.92 Å². The van der Waals surface area contributed by atoms with Crippen molar-refractivity contribution in [3.05, 3.63) is 41.5 Å². The van der Waals surface area contributed by atoms with Gasteiger partial charge in [-0.3, -0.25) is 0 Å². The van der Waals surface area contributed by atoms with Gasteiger partial charge in [0.2, 0.25) is 0 Å². The number of hydrogen-bond acceptors (Lipinski definition) is 2. The van der Waals surface area contributed by atoms with Crippen LogP contribution in [0.3, 0.4) is 0 Å². The molecule has 3 heteroatoms. The zero-order chi connectivity index (χ0) is 13.4. The summed E-state index contributed by atoms with van der Waals surface area (Å²) in [6.07, 6.45) is 4.64. The van der Waals surface area contributed by atoms with E-state index in [-0.39, 0.29) is 0 Å². The minimum Gasteiger partial charge on any atom is -0.489 e. The number of aryl methyl sites for hydroxylation is 1. The normalized spacial score (nSPS) is 11.3. The van der Waals surface area contributed by atoms with Crippen molar-refractivity contribution in [1.29, 1.82) is 0 Å². The molecule has 0 aliphatic carbocycles. The third-order valence-corrected chi connectivity index (χ3v) is 2.58. The zero-order valence-corrected chi connectivity index (χ0v) is 11.0. The Morgan fingerprint density at radius 2 is 2.00 bits per heavy atom. The molecule has 0 bridgehead atoms. The predicted molar refractivity (Wildman–Crippen MR) is 71.9 cm³/mol. The van der Waals surface area contributed by atoms with Crippen molar-refractivity contribution in [3.8, 4) is 5.75 Å². The van der Waals surface area contributed by atoms with E-state index in [0.717, 1.165) is 18.2 Å². The Balaban J connectivity index is 2.46. The molecule has 0 unspecified atom stereocenters. The Morgan fingerprint density at radius 1 is 1.33 bits per heavy atom. The van der Waals surface area contributed by atoms with Gasteiger partial charge in [-0.25, -0.2) is 4.79 Å². The number of carboxylic acid groups (broad SMARTS) is 1. The molecule has 0 amide bonds. The van der Waals surface area contributed by atoms with Gasteiger partial charge in [0.05, 0.1) is 0 Å². The summed E-state index contributed by atoms with van der Waals surface area (Å²) in [5, 5.41) is 8.57. The summed E-state index contributed by atoms with van der Waals surface area (Å²) in [4.78, 5) is 10.4. The molecular formula is C15H20O3. The lowest BCUT2D eigenvalue weighted by Crippen LogP contribution is -2.01. The van der Waals surface area contributed by atoms with Gasteiger partial charge in [0.15, 0.2) is 0 Å². The van der Waals surface area contributed by atoms with E-state index in [9.17, 15) is 4.79 Å². The highest BCUT2D eigenvalue weighted by atomic mass is 16.5. The van der Waals surface area contributed by atoms with Crippen LogP contribution in [-0.2, 0) is 11.2 Å². The van der Waals surface area contributed by atoms with Crippen molar-refractivity contribution in [2.75, 3.05) is 6.61 Å². The van der Waals surface area contributed by atoms with Crippen molar-refractivity contribution >= 4 is 5.97 Å². The predicted octanol–water partition coefficient (Wildman–Crippen LogP) is 3.44. The lowest BCUT2D eigenvalue weighted by atomic mass is 10.1. The first-order valence-corrected chi connectivity index (χ1v) is 6.23. The topological polar surface area (TPSA) is 46.5 Å². The molecule has 0 fully saturated rings. The molecule has 0 aromatic heterocycles. The first-order chi connectivity index (χ1) is 8.61. The van der Waals surface area contributed by atoms with Crippen molar-refractivity contribution < 1.29 is 14.6 Å². The van der Waals surface area contributed by atoms with E-state index in [0.29, 0.717) is 12.2 Å². The van der Waals surface area contributed by atoms with E-state index in [1.807, 2.05) is 12.1 Å². The van der Waals surface area contributed by atoms with Gasteiger partial charge < -0.3 is 9.84 Å². The van der Waals surface area contributed by atoms with Gasteiger partial charge in [-0.1, -0.05) is 25.5 Å². The summed E-state index contributed by atoms with van der Waals surface area (Å²) in [5.74, 6) is -0.167. The minimum atomic E-state index is -0.939. The second-order valence-electron chi connectivity index (χ2n) is 4.37. The summed E-state index contributed by atoms with van der Waals surface area (Å²) in [6.45, 7) is 4.22. The largest absolute Gasteiger partial charge is 0.489 e. The highest BCUT2D eigenvalue weighted by molar-refractivity contribution is 5.80. The van der Waals surface area contributed by atoms with Gasteiger partial charge in [-0.2, -0.15) is 0 Å². The summed E-state index contributed by atoms with van der Waals surface area (Å²) in [5.41, 5.74) is 2.00. The lowest BCUT2D eigenvalue weighted by Gasteiger charge is -2.07. The quantitative estimate of drug-likeness (QED) is 0.752. The molecule has 0 spiro atoms. The zero-order valence-electron chi connectivity index (χ0n) is 11.0. The Kier molecular flexibility index (Phi) is 5.98. The highest BCUT2D eigenvalue weighted by Crippen LogP contribution is 2.14. The van der Waals surface area contributed by atoms with Crippen LogP contribution in [0.15, 0.2) is 35.9 Å². The van der Waals surface area contributed by atoms with E-state index >= 15 is 0 Å². The number of hydrogen-bond donors (Lipinski definition) is 1. The second-order valence-corrected chi connectivity index (χ2v) is 4.37. The summed E-state index contributed by atoms with van der Waals surface area (Å²) < 4.78 is 5.50. The minimum absolute atomic E-state index is 0.306. The van der Waals surface area contributed by atoms with Crippen LogP contribution in [0, 0.1) is 0 Å². The van der Waals surface area contributed by atoms with Crippen molar-refractivity contribution in [2.45, 2.75) is 33.1 Å². The molecule has 18 heavy (non-hydrogen) atoms. The van der Waals surface area contributed by atoms with Gasteiger partial charge in [0.25, 0.3) is 0 Å². The number of aliphatic carboxylic acids is 1. The molecule has 1 N–H and O–H groups in total. The van der Waals surface area contributed by atoms with Gasteiger partial charge >= 0.3 is 5.97 Å². The fourth-order valence-electron chi connectivity index (χ4n) is 1.58. The van der Waals surface area contributed by atoms with Crippen LogP contribution in [0.5, 0.6) is 5.75 Å². The average molecular weight is 248 g/mol. The second kappa shape index (κ2) is 7.54. The summed E-state index contributed by atoms with van der Waals surface area (Å²) >= 11 is 0. The van der Waals surface area contributed by atoms with Crippen LogP contribution in [0.25, 0.3) is 0 Å². The van der Waals surface area contributed by atoms with Gasteiger partial charge in [0.1, 0.15) is 12.4 Å². The Hall–Kier alpha value is -1.77. The van der Waals surface area contributed by atoms with E-state index in [2.05, 4.69) is 19.1 Å². The standard InChI is InChI=1S/C15H20O3/c1-3-4-5-13-6-8-14(9-7-13)18-11-12(2)10-15(16)17/h6-10H,3-5,11H2,1-2H3,(H,16,17)/b12-10+. The molecule has 0 heterocycles. The first-order valence-electron chi connectivity index (χ1n) is 6.23. The SMILES string of the molecule is CCCCc1ccc(OC/C(C)=C/C(=O)O)cc1. The van der Waals surface area contributed by atoms with Crippen molar-refractivity contribution in [2.24, 2.45) is 0 Å². The van der Waals surface area contributed by atoms with Crippen LogP contribution in [0.4, 0.5) is 0 Å². The maximum absolute atomic E-state index is 10.4. The molecule has 0 saturated heterocycles. The Bertz CT molecular complexity index is 404. The van der Waals surface area contributed by atoms with E-state index in [4.69, 9.17) is 9.84 Å². The monoisotopic (exact) mass is 248 g/mol. The highest BCUT2D eigenvalue weighted by Gasteiger charge is 1.98. The third-order valence-electron chi connectivity index (χ3n) is 2.58. The summed E-state index contributed by atoms with van der Waals surface area (Å²) in [6, 6.07) is 7.97. The maximum atomic E-state index is 10.4. The smallest absolute Gasteiger partial charge is 0.328 e. The number of ether oxygens (including phenoxy) is 1. The molecule has 3 nitrogen and oxygen atoms in total. The lowest BCUT2D eigenvalue weighted by molar-refractivity contribution is -0.131. The molecule has 98 valence electrons. The van der Waals surface area contributed by atoms with Gasteiger partial charge in [0, 0.05) is 6.08 Å².